The molecule has 4 nitrogen and oxygen atoms in total. The van der Waals surface area contributed by atoms with E-state index in [9.17, 15) is 0 Å². The van der Waals surface area contributed by atoms with Crippen molar-refractivity contribution in [1.82, 2.24) is 20.0 Å². The van der Waals surface area contributed by atoms with Gasteiger partial charge in [0.2, 0.25) is 0 Å². The fraction of sp³-hybridized carbons (Fsp3) is 0.750. The summed E-state index contributed by atoms with van der Waals surface area (Å²) in [7, 11) is 4.18. The molecule has 1 aliphatic carbocycles. The van der Waals surface area contributed by atoms with Gasteiger partial charge in [0.1, 0.15) is 0 Å². The lowest BCUT2D eigenvalue weighted by Gasteiger charge is -2.24. The number of aromatic nitrogens is 2. The molecule has 90 valence electrons. The van der Waals surface area contributed by atoms with Crippen LogP contribution in [0.3, 0.4) is 0 Å². The summed E-state index contributed by atoms with van der Waals surface area (Å²) in [5.74, 6) is 0. The maximum absolute atomic E-state index is 4.34. The molecule has 1 fully saturated rings. The summed E-state index contributed by atoms with van der Waals surface area (Å²) in [6.45, 7) is 4.18. The number of likely N-dealkylation sites (N-methyl/N-ethyl adjacent to an activating group) is 1. The van der Waals surface area contributed by atoms with E-state index in [4.69, 9.17) is 0 Å². The van der Waals surface area contributed by atoms with Crippen molar-refractivity contribution in [2.24, 2.45) is 7.05 Å². The Hall–Kier alpha value is -0.870. The molecule has 0 aliphatic heterocycles. The zero-order valence-electron chi connectivity index (χ0n) is 10.5. The summed E-state index contributed by atoms with van der Waals surface area (Å²) in [5.41, 5.74) is 1.11. The van der Waals surface area contributed by atoms with Crippen molar-refractivity contribution < 1.29 is 0 Å². The van der Waals surface area contributed by atoms with Crippen LogP contribution in [0.5, 0.6) is 0 Å². The van der Waals surface area contributed by atoms with Crippen molar-refractivity contribution >= 4 is 0 Å². The van der Waals surface area contributed by atoms with Crippen molar-refractivity contribution in [1.29, 1.82) is 0 Å². The van der Waals surface area contributed by atoms with Gasteiger partial charge >= 0.3 is 0 Å². The largest absolute Gasteiger partial charge is 0.310 e. The van der Waals surface area contributed by atoms with Gasteiger partial charge in [0, 0.05) is 38.4 Å². The van der Waals surface area contributed by atoms with Gasteiger partial charge in [-0.05, 0) is 32.9 Å². The van der Waals surface area contributed by atoms with Crippen LogP contribution in [0, 0.1) is 0 Å². The Morgan fingerprint density at radius 2 is 2.38 bits per heavy atom. The number of aryl methyl sites for hydroxylation is 1. The maximum atomic E-state index is 4.34. The van der Waals surface area contributed by atoms with Crippen LogP contribution in [0.15, 0.2) is 12.3 Å². The first-order valence-electron chi connectivity index (χ1n) is 6.08. The van der Waals surface area contributed by atoms with Gasteiger partial charge in [-0.3, -0.25) is 9.58 Å². The first-order chi connectivity index (χ1) is 7.66. The second kappa shape index (κ2) is 4.97. The topological polar surface area (TPSA) is 33.1 Å². The van der Waals surface area contributed by atoms with E-state index >= 15 is 0 Å². The normalized spacial score (nSPS) is 18.0. The summed E-state index contributed by atoms with van der Waals surface area (Å²) in [6.07, 6.45) is 4.74. The van der Waals surface area contributed by atoms with Gasteiger partial charge in [-0.1, -0.05) is 0 Å². The minimum atomic E-state index is 0.608. The smallest absolute Gasteiger partial charge is 0.0762 e. The van der Waals surface area contributed by atoms with Crippen molar-refractivity contribution in [2.75, 3.05) is 13.6 Å². The number of nitrogens with one attached hydrogen (secondary N) is 1. The Balaban J connectivity index is 1.67. The standard InChI is InChI=1S/C12H22N4/c1-10(16(3)12-4-5-12)8-13-9-11-6-7-15(2)14-11/h6-7,10,12-13H,4-5,8-9H2,1-3H3. The molecule has 0 bridgehead atoms. The van der Waals surface area contributed by atoms with Gasteiger partial charge in [-0.25, -0.2) is 0 Å². The van der Waals surface area contributed by atoms with E-state index in [1.807, 2.05) is 17.9 Å². The molecule has 0 amide bonds. The summed E-state index contributed by atoms with van der Waals surface area (Å²) < 4.78 is 1.84. The van der Waals surface area contributed by atoms with Crippen molar-refractivity contribution in [2.45, 2.75) is 38.4 Å². The molecular weight excluding hydrogens is 200 g/mol. The lowest BCUT2D eigenvalue weighted by molar-refractivity contribution is 0.241. The molecule has 16 heavy (non-hydrogen) atoms. The van der Waals surface area contributed by atoms with E-state index in [0.717, 1.165) is 24.8 Å². The van der Waals surface area contributed by atoms with Crippen molar-refractivity contribution in [3.8, 4) is 0 Å². The number of rotatable bonds is 6. The third-order valence-corrected chi connectivity index (χ3v) is 3.33. The Labute approximate surface area is 97.6 Å². The molecule has 0 radical (unpaired) electrons. The fourth-order valence-electron chi connectivity index (χ4n) is 1.95. The maximum Gasteiger partial charge on any atom is 0.0762 e. The monoisotopic (exact) mass is 222 g/mol. The molecule has 1 aliphatic rings. The molecule has 0 aromatic carbocycles. The van der Waals surface area contributed by atoms with Crippen LogP contribution < -0.4 is 5.32 Å². The Morgan fingerprint density at radius 1 is 1.62 bits per heavy atom. The Kier molecular flexibility index (Phi) is 3.61. The van der Waals surface area contributed by atoms with Gasteiger partial charge in [0.25, 0.3) is 0 Å². The van der Waals surface area contributed by atoms with Crippen LogP contribution in [0.2, 0.25) is 0 Å². The summed E-state index contributed by atoms with van der Waals surface area (Å²) >= 11 is 0. The lowest BCUT2D eigenvalue weighted by atomic mass is 10.3. The van der Waals surface area contributed by atoms with Crippen LogP contribution in [0.25, 0.3) is 0 Å². The molecule has 0 saturated heterocycles. The molecule has 0 spiro atoms. The highest BCUT2D eigenvalue weighted by Crippen LogP contribution is 2.26. The molecule has 1 atom stereocenters. The van der Waals surface area contributed by atoms with Gasteiger partial charge in [0.05, 0.1) is 5.69 Å². The first kappa shape index (κ1) is 11.6. The van der Waals surface area contributed by atoms with E-state index in [0.29, 0.717) is 6.04 Å². The molecule has 1 heterocycles. The zero-order valence-corrected chi connectivity index (χ0v) is 10.5. The van der Waals surface area contributed by atoms with Gasteiger partial charge in [-0.2, -0.15) is 5.10 Å². The molecular formula is C12H22N4. The van der Waals surface area contributed by atoms with E-state index < -0.39 is 0 Å². The van der Waals surface area contributed by atoms with E-state index in [1.165, 1.54) is 12.8 Å². The highest BCUT2D eigenvalue weighted by molar-refractivity contribution is 4.98. The number of nitrogens with zero attached hydrogens (tertiary/aromatic N) is 3. The summed E-state index contributed by atoms with van der Waals surface area (Å²) in [4.78, 5) is 2.48. The third kappa shape index (κ3) is 3.06. The van der Waals surface area contributed by atoms with Crippen molar-refractivity contribution in [3.05, 3.63) is 18.0 Å². The average molecular weight is 222 g/mol. The average Bonchev–Trinajstić information content (AvgIpc) is 3.02. The molecule has 2 rings (SSSR count). The molecule has 1 N–H and O–H groups in total. The first-order valence-corrected chi connectivity index (χ1v) is 6.08. The minimum Gasteiger partial charge on any atom is -0.310 e. The van der Waals surface area contributed by atoms with Crippen LogP contribution in [0.1, 0.15) is 25.5 Å². The predicted molar refractivity (Wildman–Crippen MR) is 65.2 cm³/mol. The molecule has 1 unspecified atom stereocenters. The van der Waals surface area contributed by atoms with Gasteiger partial charge in [-0.15, -0.1) is 0 Å². The highest BCUT2D eigenvalue weighted by Gasteiger charge is 2.28. The molecule has 4 heteroatoms. The van der Waals surface area contributed by atoms with Crippen LogP contribution in [-0.2, 0) is 13.6 Å². The third-order valence-electron chi connectivity index (χ3n) is 3.33. The van der Waals surface area contributed by atoms with E-state index in [-0.39, 0.29) is 0 Å². The van der Waals surface area contributed by atoms with Crippen LogP contribution >= 0.6 is 0 Å². The van der Waals surface area contributed by atoms with E-state index in [2.05, 4.69) is 35.4 Å². The van der Waals surface area contributed by atoms with Crippen molar-refractivity contribution in [3.63, 3.8) is 0 Å². The number of hydrogen-bond acceptors (Lipinski definition) is 3. The molecule has 1 aromatic rings. The Morgan fingerprint density at radius 3 is 2.94 bits per heavy atom. The molecule has 1 aromatic heterocycles. The Bertz CT molecular complexity index is 330. The van der Waals surface area contributed by atoms with Gasteiger partial charge in [0.15, 0.2) is 0 Å². The second-order valence-electron chi connectivity index (χ2n) is 4.86. The van der Waals surface area contributed by atoms with Crippen LogP contribution in [-0.4, -0.2) is 40.4 Å². The van der Waals surface area contributed by atoms with Crippen LogP contribution in [0.4, 0.5) is 0 Å². The highest BCUT2D eigenvalue weighted by atomic mass is 15.3. The summed E-state index contributed by atoms with van der Waals surface area (Å²) in [6, 6.07) is 3.50. The lowest BCUT2D eigenvalue weighted by Crippen LogP contribution is -2.39. The quantitative estimate of drug-likeness (QED) is 0.779. The minimum absolute atomic E-state index is 0.608. The zero-order chi connectivity index (χ0) is 11.5. The summed E-state index contributed by atoms with van der Waals surface area (Å²) in [5, 5.41) is 7.80. The van der Waals surface area contributed by atoms with Gasteiger partial charge < -0.3 is 5.32 Å². The SMILES string of the molecule is CC(CNCc1ccn(C)n1)N(C)C1CC1. The molecule has 1 saturated carbocycles. The fourth-order valence-corrected chi connectivity index (χ4v) is 1.95. The predicted octanol–water partition coefficient (Wildman–Crippen LogP) is 0.992. The van der Waals surface area contributed by atoms with E-state index in [1.54, 1.807) is 0 Å². The second-order valence-corrected chi connectivity index (χ2v) is 4.86. The number of hydrogen-bond donors (Lipinski definition) is 1.